The van der Waals surface area contributed by atoms with Crippen LogP contribution in [0.4, 0.5) is 21.0 Å². The minimum atomic E-state index is -0.215. The van der Waals surface area contributed by atoms with Gasteiger partial charge in [-0.15, -0.1) is 0 Å². The van der Waals surface area contributed by atoms with Crippen molar-refractivity contribution in [3.8, 4) is 0 Å². The predicted octanol–water partition coefficient (Wildman–Crippen LogP) is 6.46. The van der Waals surface area contributed by atoms with E-state index in [0.29, 0.717) is 26.2 Å². The number of carbonyl (C=O) groups is 2. The van der Waals surface area contributed by atoms with E-state index in [9.17, 15) is 9.59 Å². The first-order valence-corrected chi connectivity index (χ1v) is 12.0. The summed E-state index contributed by atoms with van der Waals surface area (Å²) in [7, 11) is 0. The molecule has 4 aromatic rings. The fourth-order valence-electron chi connectivity index (χ4n) is 3.80. The zero-order valence-electron chi connectivity index (χ0n) is 20.1. The molecule has 0 aliphatic heterocycles. The van der Waals surface area contributed by atoms with Crippen LogP contribution in [0.2, 0.25) is 0 Å². The summed E-state index contributed by atoms with van der Waals surface area (Å²) in [6.45, 7) is 1.59. The largest absolute Gasteiger partial charge is 0.322 e. The van der Waals surface area contributed by atoms with Crippen molar-refractivity contribution in [1.29, 1.82) is 0 Å². The molecule has 182 valence electrons. The summed E-state index contributed by atoms with van der Waals surface area (Å²) in [5.74, 6) is 0. The molecule has 2 N–H and O–H groups in total. The van der Waals surface area contributed by atoms with Crippen molar-refractivity contribution in [3.05, 3.63) is 132 Å². The summed E-state index contributed by atoms with van der Waals surface area (Å²) in [6.07, 6.45) is 0. The molecule has 0 unspecified atom stereocenters. The molecule has 4 rings (SSSR count). The van der Waals surface area contributed by atoms with Gasteiger partial charge in [-0.05, 0) is 35.4 Å². The lowest BCUT2D eigenvalue weighted by molar-refractivity contribution is 0.185. The van der Waals surface area contributed by atoms with Crippen LogP contribution >= 0.6 is 0 Å². The molecule has 0 aromatic heterocycles. The molecular weight excluding hydrogens is 448 g/mol. The second-order valence-corrected chi connectivity index (χ2v) is 8.41. The number of rotatable bonds is 9. The molecule has 0 atom stereocenters. The van der Waals surface area contributed by atoms with E-state index in [2.05, 4.69) is 10.6 Å². The Morgan fingerprint density at radius 3 is 1.11 bits per heavy atom. The van der Waals surface area contributed by atoms with Crippen LogP contribution < -0.4 is 10.6 Å². The molecule has 36 heavy (non-hydrogen) atoms. The highest BCUT2D eigenvalue weighted by Crippen LogP contribution is 2.13. The van der Waals surface area contributed by atoms with Crippen LogP contribution in [0.3, 0.4) is 0 Å². The van der Waals surface area contributed by atoms with Crippen molar-refractivity contribution in [2.45, 2.75) is 13.1 Å². The predicted molar refractivity (Wildman–Crippen MR) is 145 cm³/mol. The van der Waals surface area contributed by atoms with Crippen LogP contribution in [-0.2, 0) is 13.1 Å². The van der Waals surface area contributed by atoms with E-state index in [0.717, 1.165) is 22.5 Å². The van der Waals surface area contributed by atoms with E-state index < -0.39 is 0 Å². The minimum Gasteiger partial charge on any atom is -0.318 e. The van der Waals surface area contributed by atoms with Gasteiger partial charge >= 0.3 is 12.1 Å². The van der Waals surface area contributed by atoms with E-state index in [1.54, 1.807) is 9.80 Å². The Bertz CT molecular complexity index is 1120. The second-order valence-electron chi connectivity index (χ2n) is 8.41. The Morgan fingerprint density at radius 1 is 0.472 bits per heavy atom. The summed E-state index contributed by atoms with van der Waals surface area (Å²) in [4.78, 5) is 30.0. The Kier molecular flexibility index (Phi) is 8.70. The number of hydrogen-bond acceptors (Lipinski definition) is 2. The molecule has 0 aliphatic carbocycles. The number of carbonyl (C=O) groups excluding carboxylic acids is 2. The van der Waals surface area contributed by atoms with Crippen LogP contribution in [0.5, 0.6) is 0 Å². The van der Waals surface area contributed by atoms with E-state index >= 15 is 0 Å². The fraction of sp³-hybridized carbons (Fsp3) is 0.133. The quantitative estimate of drug-likeness (QED) is 0.290. The summed E-state index contributed by atoms with van der Waals surface area (Å²) < 4.78 is 0. The topological polar surface area (TPSA) is 64.7 Å². The third-order valence-electron chi connectivity index (χ3n) is 5.70. The summed E-state index contributed by atoms with van der Waals surface area (Å²) in [5, 5.41) is 5.95. The Balaban J connectivity index is 1.50. The van der Waals surface area contributed by atoms with Gasteiger partial charge in [0.2, 0.25) is 0 Å². The van der Waals surface area contributed by atoms with Crippen LogP contribution in [0.15, 0.2) is 121 Å². The van der Waals surface area contributed by atoms with Gasteiger partial charge in [0.25, 0.3) is 0 Å². The average Bonchev–Trinajstić information content (AvgIpc) is 2.92. The number of para-hydroxylation sites is 2. The monoisotopic (exact) mass is 478 g/mol. The summed E-state index contributed by atoms with van der Waals surface area (Å²) in [5.41, 5.74) is 3.49. The molecule has 4 amide bonds. The van der Waals surface area contributed by atoms with E-state index in [1.807, 2.05) is 121 Å². The normalized spacial score (nSPS) is 10.3. The van der Waals surface area contributed by atoms with Gasteiger partial charge < -0.3 is 20.4 Å². The van der Waals surface area contributed by atoms with E-state index in [1.165, 1.54) is 0 Å². The van der Waals surface area contributed by atoms with Crippen LogP contribution in [0.1, 0.15) is 11.1 Å². The Morgan fingerprint density at radius 2 is 0.778 bits per heavy atom. The van der Waals surface area contributed by atoms with E-state index in [4.69, 9.17) is 0 Å². The SMILES string of the molecule is O=C(Nc1ccccc1)N(CCN(Cc1ccccc1)C(=O)Nc1ccccc1)Cc1ccccc1. The number of nitrogens with one attached hydrogen (secondary N) is 2. The Hall–Kier alpha value is -4.58. The molecule has 6 nitrogen and oxygen atoms in total. The fourth-order valence-corrected chi connectivity index (χ4v) is 3.80. The molecule has 0 spiro atoms. The molecule has 0 fully saturated rings. The first-order valence-electron chi connectivity index (χ1n) is 12.0. The maximum atomic E-state index is 13.2. The third kappa shape index (κ3) is 7.46. The lowest BCUT2D eigenvalue weighted by Gasteiger charge is -2.28. The van der Waals surface area contributed by atoms with Gasteiger partial charge in [0.1, 0.15) is 0 Å². The zero-order chi connectivity index (χ0) is 25.0. The minimum absolute atomic E-state index is 0.215. The highest BCUT2D eigenvalue weighted by Gasteiger charge is 2.19. The van der Waals surface area contributed by atoms with Crippen molar-refractivity contribution in [3.63, 3.8) is 0 Å². The van der Waals surface area contributed by atoms with Gasteiger partial charge in [-0.2, -0.15) is 0 Å². The molecule has 6 heteroatoms. The molecular formula is C30H30N4O2. The molecule has 0 heterocycles. The molecule has 0 saturated heterocycles. The standard InChI is InChI=1S/C30H30N4O2/c35-29(31-27-17-9-3-10-18-27)33(23-25-13-5-1-6-14-25)21-22-34(24-26-15-7-2-8-16-26)30(36)32-28-19-11-4-12-20-28/h1-20H,21-24H2,(H,31,35)(H,32,36). The van der Waals surface area contributed by atoms with Gasteiger partial charge in [-0.3, -0.25) is 0 Å². The van der Waals surface area contributed by atoms with Gasteiger partial charge in [0, 0.05) is 37.6 Å². The number of urea groups is 2. The second kappa shape index (κ2) is 12.8. The first kappa shape index (κ1) is 24.5. The molecule has 0 radical (unpaired) electrons. The zero-order valence-corrected chi connectivity index (χ0v) is 20.1. The number of anilines is 2. The van der Waals surface area contributed by atoms with Crippen LogP contribution in [0.25, 0.3) is 0 Å². The molecule has 0 aliphatic rings. The van der Waals surface area contributed by atoms with Crippen molar-refractivity contribution in [2.75, 3.05) is 23.7 Å². The molecule has 0 bridgehead atoms. The van der Waals surface area contributed by atoms with E-state index in [-0.39, 0.29) is 12.1 Å². The maximum absolute atomic E-state index is 13.2. The summed E-state index contributed by atoms with van der Waals surface area (Å²) >= 11 is 0. The lowest BCUT2D eigenvalue weighted by atomic mass is 10.2. The van der Waals surface area contributed by atoms with Gasteiger partial charge in [0.05, 0.1) is 0 Å². The van der Waals surface area contributed by atoms with Gasteiger partial charge in [0.15, 0.2) is 0 Å². The van der Waals surface area contributed by atoms with Crippen molar-refractivity contribution in [2.24, 2.45) is 0 Å². The Labute approximate surface area is 212 Å². The number of nitrogens with zero attached hydrogens (tertiary/aromatic N) is 2. The van der Waals surface area contributed by atoms with Gasteiger partial charge in [-0.25, -0.2) is 9.59 Å². The average molecular weight is 479 g/mol. The first-order chi connectivity index (χ1) is 17.7. The highest BCUT2D eigenvalue weighted by molar-refractivity contribution is 5.90. The smallest absolute Gasteiger partial charge is 0.318 e. The highest BCUT2D eigenvalue weighted by atomic mass is 16.2. The summed E-state index contributed by atoms with van der Waals surface area (Å²) in [6, 6.07) is 38.0. The maximum Gasteiger partial charge on any atom is 0.322 e. The van der Waals surface area contributed by atoms with Crippen molar-refractivity contribution >= 4 is 23.4 Å². The van der Waals surface area contributed by atoms with Crippen molar-refractivity contribution < 1.29 is 9.59 Å². The number of benzene rings is 4. The van der Waals surface area contributed by atoms with Crippen LogP contribution in [-0.4, -0.2) is 35.0 Å². The molecule has 0 saturated carbocycles. The van der Waals surface area contributed by atoms with Gasteiger partial charge in [-0.1, -0.05) is 97.1 Å². The number of hydrogen-bond donors (Lipinski definition) is 2. The lowest BCUT2D eigenvalue weighted by Crippen LogP contribution is -2.43. The molecule has 4 aromatic carbocycles. The van der Waals surface area contributed by atoms with Crippen molar-refractivity contribution in [1.82, 2.24) is 9.80 Å². The third-order valence-corrected chi connectivity index (χ3v) is 5.70. The van der Waals surface area contributed by atoms with Crippen LogP contribution in [0, 0.1) is 0 Å². The number of amides is 4.